The molecule has 142 valence electrons. The van der Waals surface area contributed by atoms with Gasteiger partial charge in [0.25, 0.3) is 0 Å². The molecule has 1 aliphatic heterocycles. The molecule has 1 saturated heterocycles. The first-order valence-corrected chi connectivity index (χ1v) is 11.1. The van der Waals surface area contributed by atoms with Gasteiger partial charge in [0.15, 0.2) is 9.84 Å². The van der Waals surface area contributed by atoms with E-state index >= 15 is 0 Å². The van der Waals surface area contributed by atoms with E-state index in [2.05, 4.69) is 0 Å². The average molecular weight is 424 g/mol. The molecule has 1 atom stereocenters. The van der Waals surface area contributed by atoms with E-state index in [1.165, 1.54) is 6.08 Å². The van der Waals surface area contributed by atoms with Crippen molar-refractivity contribution in [3.05, 3.63) is 75.8 Å². The normalized spacial score (nSPS) is 18.7. The lowest BCUT2D eigenvalue weighted by Gasteiger charge is -2.27. The Labute approximate surface area is 169 Å². The molecule has 1 heterocycles. The van der Waals surface area contributed by atoms with E-state index in [0.717, 1.165) is 11.1 Å². The lowest BCUT2D eigenvalue weighted by Crippen LogP contribution is -2.39. The van der Waals surface area contributed by atoms with Gasteiger partial charge in [-0.3, -0.25) is 4.79 Å². The van der Waals surface area contributed by atoms with Gasteiger partial charge in [-0.1, -0.05) is 47.5 Å². The number of amides is 1. The van der Waals surface area contributed by atoms with Crippen LogP contribution in [0.3, 0.4) is 0 Å². The monoisotopic (exact) mass is 423 g/mol. The number of halogens is 2. The summed E-state index contributed by atoms with van der Waals surface area (Å²) in [5.74, 6) is -0.126. The Bertz CT molecular complexity index is 955. The van der Waals surface area contributed by atoms with Crippen molar-refractivity contribution in [1.29, 1.82) is 0 Å². The maximum Gasteiger partial charge on any atom is 0.247 e. The third-order valence-electron chi connectivity index (χ3n) is 4.46. The first-order chi connectivity index (χ1) is 12.8. The summed E-state index contributed by atoms with van der Waals surface area (Å²) in [6, 6.07) is 14.0. The van der Waals surface area contributed by atoms with E-state index in [1.807, 2.05) is 24.3 Å². The van der Waals surface area contributed by atoms with E-state index in [4.69, 9.17) is 23.2 Å². The van der Waals surface area contributed by atoms with Gasteiger partial charge in [-0.05, 0) is 47.9 Å². The predicted molar refractivity (Wildman–Crippen MR) is 110 cm³/mol. The number of rotatable bonds is 5. The van der Waals surface area contributed by atoms with Crippen LogP contribution in [0.4, 0.5) is 0 Å². The summed E-state index contributed by atoms with van der Waals surface area (Å²) in [5.41, 5.74) is 1.70. The molecule has 4 nitrogen and oxygen atoms in total. The topological polar surface area (TPSA) is 54.5 Å². The van der Waals surface area contributed by atoms with Crippen molar-refractivity contribution in [2.75, 3.05) is 11.5 Å². The molecule has 0 bridgehead atoms. The lowest BCUT2D eigenvalue weighted by molar-refractivity contribution is -0.128. The van der Waals surface area contributed by atoms with Crippen LogP contribution < -0.4 is 0 Å². The summed E-state index contributed by atoms with van der Waals surface area (Å²) < 4.78 is 23.8. The van der Waals surface area contributed by atoms with Gasteiger partial charge in [0.2, 0.25) is 5.91 Å². The molecule has 2 aromatic rings. The highest BCUT2D eigenvalue weighted by Crippen LogP contribution is 2.22. The maximum atomic E-state index is 12.9. The number of hydrogen-bond acceptors (Lipinski definition) is 3. The Balaban J connectivity index is 1.81. The number of sulfone groups is 1. The maximum absolute atomic E-state index is 12.9. The van der Waals surface area contributed by atoms with Gasteiger partial charge in [0, 0.05) is 28.7 Å². The average Bonchev–Trinajstić information content (AvgIpc) is 2.98. The van der Waals surface area contributed by atoms with Crippen LogP contribution in [-0.2, 0) is 21.2 Å². The molecular formula is C20H19Cl2NO3S. The van der Waals surface area contributed by atoms with E-state index in [9.17, 15) is 13.2 Å². The molecular weight excluding hydrogens is 405 g/mol. The van der Waals surface area contributed by atoms with Crippen molar-refractivity contribution < 1.29 is 13.2 Å². The van der Waals surface area contributed by atoms with Crippen molar-refractivity contribution >= 4 is 45.0 Å². The third kappa shape index (κ3) is 5.58. The molecule has 0 saturated carbocycles. The number of hydrogen-bond donors (Lipinski definition) is 0. The Hall–Kier alpha value is -1.82. The predicted octanol–water partition coefficient (Wildman–Crippen LogP) is 4.22. The summed E-state index contributed by atoms with van der Waals surface area (Å²) >= 11 is 11.9. The molecule has 0 spiro atoms. The summed E-state index contributed by atoms with van der Waals surface area (Å²) in [5, 5.41) is 1.20. The van der Waals surface area contributed by atoms with Gasteiger partial charge in [0.05, 0.1) is 11.5 Å². The van der Waals surface area contributed by atoms with Crippen LogP contribution in [0.2, 0.25) is 10.0 Å². The molecule has 0 aromatic heterocycles. The summed E-state index contributed by atoms with van der Waals surface area (Å²) in [6.07, 6.45) is 3.62. The zero-order valence-corrected chi connectivity index (χ0v) is 16.8. The molecule has 0 radical (unpaired) electrons. The van der Waals surface area contributed by atoms with Crippen LogP contribution in [0.1, 0.15) is 17.5 Å². The molecule has 1 fully saturated rings. The quantitative estimate of drug-likeness (QED) is 0.676. The fraction of sp³-hybridized carbons (Fsp3) is 0.250. The first kappa shape index (κ1) is 19.9. The Morgan fingerprint density at radius 2 is 1.85 bits per heavy atom. The molecule has 7 heteroatoms. The zero-order valence-electron chi connectivity index (χ0n) is 14.5. The lowest BCUT2D eigenvalue weighted by atomic mass is 10.1. The zero-order chi connectivity index (χ0) is 19.4. The summed E-state index contributed by atoms with van der Waals surface area (Å²) in [6.45, 7) is 0.310. The largest absolute Gasteiger partial charge is 0.331 e. The van der Waals surface area contributed by atoms with Crippen LogP contribution >= 0.6 is 23.2 Å². The molecule has 1 amide bonds. The molecule has 27 heavy (non-hydrogen) atoms. The minimum absolute atomic E-state index is 0.00586. The van der Waals surface area contributed by atoms with Crippen LogP contribution in [-0.4, -0.2) is 36.8 Å². The van der Waals surface area contributed by atoms with Crippen molar-refractivity contribution in [2.45, 2.75) is 19.0 Å². The SMILES string of the molecule is O=C(/C=C/c1ccc(Cl)cc1)N(Cc1cccc(Cl)c1)[C@@H]1CCS(=O)(=O)C1. The highest BCUT2D eigenvalue weighted by Gasteiger charge is 2.34. The smallest absolute Gasteiger partial charge is 0.247 e. The van der Waals surface area contributed by atoms with E-state index in [-0.39, 0.29) is 23.5 Å². The molecule has 3 rings (SSSR count). The van der Waals surface area contributed by atoms with E-state index in [0.29, 0.717) is 23.0 Å². The molecule has 2 aromatic carbocycles. The second-order valence-corrected chi connectivity index (χ2v) is 9.64. The van der Waals surface area contributed by atoms with Crippen molar-refractivity contribution in [2.24, 2.45) is 0 Å². The van der Waals surface area contributed by atoms with E-state index < -0.39 is 9.84 Å². The highest BCUT2D eigenvalue weighted by molar-refractivity contribution is 7.91. The standard InChI is InChI=1S/C20H19Cl2NO3S/c21-17-7-4-15(5-8-17)6-9-20(24)23(19-10-11-27(25,26)14-19)13-16-2-1-3-18(22)12-16/h1-9,12,19H,10-11,13-14H2/b9-6+/t19-/m1/s1. The summed E-state index contributed by atoms with van der Waals surface area (Å²) in [4.78, 5) is 14.5. The van der Waals surface area contributed by atoms with Crippen molar-refractivity contribution in [3.63, 3.8) is 0 Å². The van der Waals surface area contributed by atoms with Gasteiger partial charge in [-0.15, -0.1) is 0 Å². The Morgan fingerprint density at radius 3 is 2.48 bits per heavy atom. The molecule has 0 N–H and O–H groups in total. The Kier molecular flexibility index (Phi) is 6.25. The number of carbonyl (C=O) groups is 1. The van der Waals surface area contributed by atoms with Crippen molar-refractivity contribution in [3.8, 4) is 0 Å². The van der Waals surface area contributed by atoms with Crippen LogP contribution in [0.15, 0.2) is 54.6 Å². The van der Waals surface area contributed by atoms with Gasteiger partial charge >= 0.3 is 0 Å². The number of nitrogens with zero attached hydrogens (tertiary/aromatic N) is 1. The van der Waals surface area contributed by atoms with Gasteiger partial charge in [-0.25, -0.2) is 8.42 Å². The van der Waals surface area contributed by atoms with Gasteiger partial charge in [-0.2, -0.15) is 0 Å². The second kappa shape index (κ2) is 8.46. The highest BCUT2D eigenvalue weighted by atomic mass is 35.5. The Morgan fingerprint density at radius 1 is 1.11 bits per heavy atom. The fourth-order valence-corrected chi connectivity index (χ4v) is 5.15. The van der Waals surface area contributed by atoms with Gasteiger partial charge in [0.1, 0.15) is 0 Å². The number of carbonyl (C=O) groups excluding carboxylic acids is 1. The van der Waals surface area contributed by atoms with Crippen LogP contribution in [0, 0.1) is 0 Å². The van der Waals surface area contributed by atoms with Crippen molar-refractivity contribution in [1.82, 2.24) is 4.90 Å². The minimum atomic E-state index is -3.11. The summed E-state index contributed by atoms with van der Waals surface area (Å²) in [7, 11) is -3.11. The second-order valence-electron chi connectivity index (χ2n) is 6.54. The molecule has 0 aliphatic carbocycles. The first-order valence-electron chi connectivity index (χ1n) is 8.51. The third-order valence-corrected chi connectivity index (χ3v) is 6.70. The minimum Gasteiger partial charge on any atom is -0.331 e. The van der Waals surface area contributed by atoms with E-state index in [1.54, 1.807) is 35.2 Å². The number of benzene rings is 2. The van der Waals surface area contributed by atoms with Crippen LogP contribution in [0.25, 0.3) is 6.08 Å². The molecule has 1 aliphatic rings. The molecule has 0 unspecified atom stereocenters. The van der Waals surface area contributed by atoms with Gasteiger partial charge < -0.3 is 4.90 Å². The fourth-order valence-electron chi connectivity index (χ4n) is 3.08. The van der Waals surface area contributed by atoms with Crippen LogP contribution in [0.5, 0.6) is 0 Å².